The smallest absolute Gasteiger partial charge is 0.225 e. The molecule has 1 aliphatic rings. The predicted molar refractivity (Wildman–Crippen MR) is 118 cm³/mol. The van der Waals surface area contributed by atoms with Crippen LogP contribution in [0.3, 0.4) is 0 Å². The SMILES string of the molecule is COSOc1ccc2c(c1)Cc1cc(C)ccc1C2(C)c1ccccc1C(C)=O. The minimum absolute atomic E-state index is 0.0825. The molecule has 148 valence electrons. The quantitative estimate of drug-likeness (QED) is 0.383. The average molecular weight is 405 g/mol. The Hall–Kier alpha value is -2.56. The summed E-state index contributed by atoms with van der Waals surface area (Å²) in [6.45, 7) is 5.98. The molecule has 4 rings (SSSR count). The van der Waals surface area contributed by atoms with Crippen LogP contribution < -0.4 is 4.18 Å². The number of aryl methyl sites for hydroxylation is 1. The van der Waals surface area contributed by atoms with Crippen LogP contribution in [0.15, 0.2) is 60.7 Å². The van der Waals surface area contributed by atoms with Crippen LogP contribution in [0.4, 0.5) is 0 Å². The van der Waals surface area contributed by atoms with Crippen LogP contribution >= 0.6 is 12.3 Å². The zero-order valence-electron chi connectivity index (χ0n) is 17.1. The number of hydrogen-bond donors (Lipinski definition) is 0. The lowest BCUT2D eigenvalue weighted by Crippen LogP contribution is -2.33. The van der Waals surface area contributed by atoms with E-state index in [1.54, 1.807) is 14.0 Å². The van der Waals surface area contributed by atoms with Crippen molar-refractivity contribution in [2.75, 3.05) is 7.11 Å². The highest BCUT2D eigenvalue weighted by Gasteiger charge is 2.40. The van der Waals surface area contributed by atoms with E-state index in [1.165, 1.54) is 27.8 Å². The van der Waals surface area contributed by atoms with Gasteiger partial charge in [0, 0.05) is 11.0 Å². The number of Topliss-reactive ketones (excluding diaryl/α,β-unsaturated/α-hetero) is 1. The predicted octanol–water partition coefficient (Wildman–Crippen LogP) is 6.04. The van der Waals surface area contributed by atoms with Gasteiger partial charge in [-0.05, 0) is 67.1 Å². The number of ketones is 1. The minimum Gasteiger partial charge on any atom is -0.400 e. The Morgan fingerprint density at radius 3 is 2.38 bits per heavy atom. The molecule has 0 radical (unpaired) electrons. The molecule has 0 fully saturated rings. The first-order valence-corrected chi connectivity index (χ1v) is 10.3. The summed E-state index contributed by atoms with van der Waals surface area (Å²) in [5.41, 5.74) is 7.57. The van der Waals surface area contributed by atoms with Gasteiger partial charge in [-0.1, -0.05) is 54.1 Å². The number of rotatable bonds is 5. The topological polar surface area (TPSA) is 35.5 Å². The van der Waals surface area contributed by atoms with Gasteiger partial charge < -0.3 is 4.18 Å². The van der Waals surface area contributed by atoms with E-state index in [0.29, 0.717) is 0 Å². The van der Waals surface area contributed by atoms with E-state index < -0.39 is 5.41 Å². The number of carbonyl (C=O) groups excluding carboxylic acids is 1. The molecule has 0 heterocycles. The van der Waals surface area contributed by atoms with Crippen molar-refractivity contribution in [1.82, 2.24) is 0 Å². The van der Waals surface area contributed by atoms with Crippen LogP contribution in [0.1, 0.15) is 57.6 Å². The fourth-order valence-corrected chi connectivity index (χ4v) is 4.80. The maximum absolute atomic E-state index is 12.5. The Labute approximate surface area is 176 Å². The molecule has 1 unspecified atom stereocenters. The van der Waals surface area contributed by atoms with E-state index in [4.69, 9.17) is 8.37 Å². The fourth-order valence-electron chi connectivity index (χ4n) is 4.55. The summed E-state index contributed by atoms with van der Waals surface area (Å²) in [6, 6.07) is 20.8. The molecule has 0 saturated carbocycles. The van der Waals surface area contributed by atoms with Gasteiger partial charge in [0.2, 0.25) is 12.3 Å². The van der Waals surface area contributed by atoms with Crippen molar-refractivity contribution < 1.29 is 13.2 Å². The highest BCUT2D eigenvalue weighted by Crippen LogP contribution is 2.48. The Kier molecular flexibility index (Phi) is 5.24. The molecular weight excluding hydrogens is 380 g/mol. The zero-order chi connectivity index (χ0) is 20.6. The number of carbonyl (C=O) groups is 1. The normalized spacial score (nSPS) is 17.4. The number of fused-ring (bicyclic) bond motifs is 2. The van der Waals surface area contributed by atoms with Crippen molar-refractivity contribution in [1.29, 1.82) is 0 Å². The van der Waals surface area contributed by atoms with Crippen molar-refractivity contribution in [3.05, 3.63) is 99.6 Å². The maximum atomic E-state index is 12.5. The second-order valence-electron chi connectivity index (χ2n) is 7.70. The third kappa shape index (κ3) is 3.37. The van der Waals surface area contributed by atoms with E-state index in [1.807, 2.05) is 24.3 Å². The molecule has 0 spiro atoms. The standard InChI is InChI=1S/C25H24O3S/c1-16-9-11-22-18(13-16)14-19-15-20(28-29-27-4)10-12-23(19)25(22,3)24-8-6-5-7-21(24)17(2)26/h5-13,15H,14H2,1-4H3. The first kappa shape index (κ1) is 19.7. The van der Waals surface area contributed by atoms with Crippen LogP contribution in [0.2, 0.25) is 0 Å². The molecule has 0 amide bonds. The van der Waals surface area contributed by atoms with E-state index in [0.717, 1.165) is 35.6 Å². The van der Waals surface area contributed by atoms with E-state index in [9.17, 15) is 4.79 Å². The van der Waals surface area contributed by atoms with Crippen LogP contribution in [0.5, 0.6) is 5.75 Å². The van der Waals surface area contributed by atoms with Gasteiger partial charge in [0.25, 0.3) is 0 Å². The van der Waals surface area contributed by atoms with Gasteiger partial charge in [0.1, 0.15) is 5.75 Å². The highest BCUT2D eigenvalue weighted by molar-refractivity contribution is 7.90. The molecule has 4 heteroatoms. The summed E-state index contributed by atoms with van der Waals surface area (Å²) in [6.07, 6.45) is 0.832. The minimum atomic E-state index is -0.425. The summed E-state index contributed by atoms with van der Waals surface area (Å²) >= 11 is 0.958. The van der Waals surface area contributed by atoms with Crippen LogP contribution in [0.25, 0.3) is 0 Å². The molecule has 0 bridgehead atoms. The second-order valence-corrected chi connectivity index (χ2v) is 8.34. The first-order chi connectivity index (χ1) is 13.9. The van der Waals surface area contributed by atoms with Gasteiger partial charge in [0.05, 0.1) is 7.11 Å². The molecule has 0 saturated heterocycles. The van der Waals surface area contributed by atoms with Gasteiger partial charge >= 0.3 is 0 Å². The maximum Gasteiger partial charge on any atom is 0.225 e. The molecular formula is C25H24O3S. The molecule has 0 N–H and O–H groups in total. The van der Waals surface area contributed by atoms with Crippen LogP contribution in [-0.2, 0) is 16.0 Å². The van der Waals surface area contributed by atoms with Crippen LogP contribution in [0, 0.1) is 6.92 Å². The Morgan fingerprint density at radius 1 is 0.966 bits per heavy atom. The Bertz CT molecular complexity index is 1090. The zero-order valence-corrected chi connectivity index (χ0v) is 17.9. The Balaban J connectivity index is 1.98. The second kappa shape index (κ2) is 7.69. The van der Waals surface area contributed by atoms with Crippen molar-refractivity contribution in [2.45, 2.75) is 32.6 Å². The Morgan fingerprint density at radius 2 is 1.66 bits per heavy atom. The van der Waals surface area contributed by atoms with Crippen LogP contribution in [-0.4, -0.2) is 12.9 Å². The molecule has 1 atom stereocenters. The summed E-state index contributed by atoms with van der Waals surface area (Å²) in [5.74, 6) is 0.841. The molecule has 3 aromatic carbocycles. The van der Waals surface area contributed by atoms with Gasteiger partial charge in [-0.15, -0.1) is 0 Å². The van der Waals surface area contributed by atoms with Crippen molar-refractivity contribution in [3.8, 4) is 5.75 Å². The molecule has 3 nitrogen and oxygen atoms in total. The lowest BCUT2D eigenvalue weighted by atomic mass is 9.63. The molecule has 0 aliphatic heterocycles. The third-order valence-corrected chi connectivity index (χ3v) is 6.24. The van der Waals surface area contributed by atoms with E-state index in [2.05, 4.69) is 50.2 Å². The average Bonchev–Trinajstić information content (AvgIpc) is 2.71. The number of hydrogen-bond acceptors (Lipinski definition) is 4. The third-order valence-electron chi connectivity index (χ3n) is 5.84. The molecule has 29 heavy (non-hydrogen) atoms. The fraction of sp³-hybridized carbons (Fsp3) is 0.240. The number of benzene rings is 3. The van der Waals surface area contributed by atoms with E-state index >= 15 is 0 Å². The lowest BCUT2D eigenvalue weighted by Gasteiger charge is -2.40. The molecule has 3 aromatic rings. The summed E-state index contributed by atoms with van der Waals surface area (Å²) in [5, 5.41) is 0. The van der Waals surface area contributed by atoms with Gasteiger partial charge in [-0.3, -0.25) is 8.98 Å². The largest absolute Gasteiger partial charge is 0.400 e. The summed E-state index contributed by atoms with van der Waals surface area (Å²) in [7, 11) is 1.58. The van der Waals surface area contributed by atoms with E-state index in [-0.39, 0.29) is 5.78 Å². The van der Waals surface area contributed by atoms with Crippen molar-refractivity contribution in [3.63, 3.8) is 0 Å². The summed E-state index contributed by atoms with van der Waals surface area (Å²) in [4.78, 5) is 12.5. The first-order valence-electron chi connectivity index (χ1n) is 9.66. The molecule has 0 aromatic heterocycles. The van der Waals surface area contributed by atoms with Crippen molar-refractivity contribution >= 4 is 18.1 Å². The summed E-state index contributed by atoms with van der Waals surface area (Å²) < 4.78 is 10.6. The highest BCUT2D eigenvalue weighted by atomic mass is 32.2. The van der Waals surface area contributed by atoms with Crippen molar-refractivity contribution in [2.24, 2.45) is 0 Å². The monoisotopic (exact) mass is 404 g/mol. The lowest BCUT2D eigenvalue weighted by molar-refractivity contribution is 0.101. The van der Waals surface area contributed by atoms with Gasteiger partial charge in [-0.2, -0.15) is 0 Å². The van der Waals surface area contributed by atoms with Gasteiger partial charge in [-0.25, -0.2) is 0 Å². The molecule has 1 aliphatic carbocycles. The van der Waals surface area contributed by atoms with Gasteiger partial charge in [0.15, 0.2) is 5.78 Å².